The first-order chi connectivity index (χ1) is 20.7. The molecule has 0 aliphatic carbocycles. The summed E-state index contributed by atoms with van der Waals surface area (Å²) < 4.78 is 2.26. The molecule has 6 aromatic rings. The Kier molecular flexibility index (Phi) is 6.32. The standard InChI is InChI=1S/C37H29N5/c1-4-13-25-24-41(34-19-9-7-16-32(34)38-3)35-23-36-29(22-28(35)26(25)5-2)27-14-6-8-18-33(27)42(36)37-20-12-17-31(40-37)30-15-10-11-21-39-30/h4-23H,1,3,24H2,2H3/b25-13-,26-5+. The van der Waals surface area contributed by atoms with Crippen LogP contribution in [0.5, 0.6) is 0 Å². The van der Waals surface area contributed by atoms with Crippen LogP contribution >= 0.6 is 0 Å². The van der Waals surface area contributed by atoms with Crippen LogP contribution in [0.1, 0.15) is 12.5 Å². The molecule has 0 atom stereocenters. The summed E-state index contributed by atoms with van der Waals surface area (Å²) in [5.74, 6) is 0.846. The molecular weight excluding hydrogens is 514 g/mol. The third-order valence-electron chi connectivity index (χ3n) is 7.89. The van der Waals surface area contributed by atoms with Gasteiger partial charge in [-0.2, -0.15) is 0 Å². The first kappa shape index (κ1) is 25.4. The predicted octanol–water partition coefficient (Wildman–Crippen LogP) is 9.24. The highest BCUT2D eigenvalue weighted by molar-refractivity contribution is 6.12. The van der Waals surface area contributed by atoms with E-state index in [1.807, 2.05) is 54.6 Å². The molecule has 0 amide bonds. The second-order valence-corrected chi connectivity index (χ2v) is 10.2. The van der Waals surface area contributed by atoms with Gasteiger partial charge in [-0.15, -0.1) is 0 Å². The first-order valence-corrected chi connectivity index (χ1v) is 14.0. The Morgan fingerprint density at radius 2 is 1.62 bits per heavy atom. The summed E-state index contributed by atoms with van der Waals surface area (Å²) in [6.07, 6.45) is 7.97. The Hall–Kier alpha value is -5.55. The zero-order valence-corrected chi connectivity index (χ0v) is 23.4. The van der Waals surface area contributed by atoms with E-state index < -0.39 is 0 Å². The highest BCUT2D eigenvalue weighted by Crippen LogP contribution is 2.47. The highest BCUT2D eigenvalue weighted by atomic mass is 15.2. The average molecular weight is 544 g/mol. The number of fused-ring (bicyclic) bond motifs is 4. The zero-order valence-electron chi connectivity index (χ0n) is 23.4. The summed E-state index contributed by atoms with van der Waals surface area (Å²) in [4.78, 5) is 16.3. The number of benzene rings is 3. The van der Waals surface area contributed by atoms with Gasteiger partial charge < -0.3 is 4.90 Å². The molecule has 0 fully saturated rings. The van der Waals surface area contributed by atoms with E-state index in [1.165, 1.54) is 27.5 Å². The number of hydrogen-bond donors (Lipinski definition) is 0. The van der Waals surface area contributed by atoms with E-state index in [9.17, 15) is 0 Å². The fourth-order valence-corrected chi connectivity index (χ4v) is 6.08. The van der Waals surface area contributed by atoms with Gasteiger partial charge in [0, 0.05) is 29.1 Å². The van der Waals surface area contributed by atoms with E-state index in [0.29, 0.717) is 6.54 Å². The molecule has 0 radical (unpaired) electrons. The van der Waals surface area contributed by atoms with Crippen LogP contribution in [0.3, 0.4) is 0 Å². The largest absolute Gasteiger partial charge is 0.335 e. The molecule has 7 rings (SSSR count). The maximum atomic E-state index is 5.10. The normalized spacial score (nSPS) is 14.9. The van der Waals surface area contributed by atoms with Crippen molar-refractivity contribution in [1.29, 1.82) is 0 Å². The number of rotatable bonds is 5. The Labute approximate surface area is 245 Å². The molecule has 0 saturated carbocycles. The molecular formula is C37H29N5. The van der Waals surface area contributed by atoms with Crippen molar-refractivity contribution in [2.45, 2.75) is 6.92 Å². The van der Waals surface area contributed by atoms with E-state index in [-0.39, 0.29) is 0 Å². The Morgan fingerprint density at radius 1 is 0.810 bits per heavy atom. The maximum Gasteiger partial charge on any atom is 0.138 e. The topological polar surface area (TPSA) is 46.3 Å². The molecule has 0 saturated heterocycles. The van der Waals surface area contributed by atoms with Gasteiger partial charge in [0.05, 0.1) is 39.5 Å². The monoisotopic (exact) mass is 543 g/mol. The summed E-state index contributed by atoms with van der Waals surface area (Å²) in [6, 6.07) is 33.3. The molecule has 3 aromatic heterocycles. The van der Waals surface area contributed by atoms with Crippen molar-refractivity contribution in [3.8, 4) is 17.2 Å². The van der Waals surface area contributed by atoms with Gasteiger partial charge in [-0.3, -0.25) is 14.5 Å². The zero-order chi connectivity index (χ0) is 28.6. The summed E-state index contributed by atoms with van der Waals surface area (Å²) >= 11 is 0. The lowest BCUT2D eigenvalue weighted by atomic mass is 9.89. The smallest absolute Gasteiger partial charge is 0.138 e. The van der Waals surface area contributed by atoms with Crippen molar-refractivity contribution in [2.75, 3.05) is 11.4 Å². The minimum absolute atomic E-state index is 0.685. The van der Waals surface area contributed by atoms with Crippen LogP contribution in [-0.4, -0.2) is 27.8 Å². The van der Waals surface area contributed by atoms with Crippen molar-refractivity contribution >= 4 is 51.2 Å². The van der Waals surface area contributed by atoms with Crippen LogP contribution in [-0.2, 0) is 0 Å². The highest BCUT2D eigenvalue weighted by Gasteiger charge is 2.28. The third-order valence-corrected chi connectivity index (χ3v) is 7.89. The summed E-state index contributed by atoms with van der Waals surface area (Å²) in [7, 11) is 0. The summed E-state index contributed by atoms with van der Waals surface area (Å²) in [5, 5.41) is 2.35. The number of allylic oxidation sites excluding steroid dienone is 3. The summed E-state index contributed by atoms with van der Waals surface area (Å²) in [5.41, 5.74) is 10.4. The Bertz CT molecular complexity index is 2060. The van der Waals surface area contributed by atoms with Crippen molar-refractivity contribution in [3.63, 3.8) is 0 Å². The molecule has 5 heteroatoms. The number of pyridine rings is 2. The average Bonchev–Trinajstić information content (AvgIpc) is 3.37. The quantitative estimate of drug-likeness (QED) is 0.204. The second kappa shape index (κ2) is 10.5. The molecule has 1 aliphatic rings. The molecule has 3 aromatic carbocycles. The fourth-order valence-electron chi connectivity index (χ4n) is 6.08. The summed E-state index contributed by atoms with van der Waals surface area (Å²) in [6.45, 7) is 10.6. The number of aromatic nitrogens is 3. The lowest BCUT2D eigenvalue weighted by molar-refractivity contribution is 1.03. The van der Waals surface area contributed by atoms with Crippen LogP contribution < -0.4 is 4.90 Å². The van der Waals surface area contributed by atoms with Gasteiger partial charge in [0.15, 0.2) is 0 Å². The van der Waals surface area contributed by atoms with Crippen LogP contribution in [0, 0.1) is 0 Å². The van der Waals surface area contributed by atoms with Gasteiger partial charge in [0.1, 0.15) is 5.82 Å². The molecule has 0 spiro atoms. The lowest BCUT2D eigenvalue weighted by Gasteiger charge is -2.35. The van der Waals surface area contributed by atoms with E-state index in [2.05, 4.69) is 100 Å². The van der Waals surface area contributed by atoms with Crippen LogP contribution in [0.4, 0.5) is 17.1 Å². The number of nitrogens with zero attached hydrogens (tertiary/aromatic N) is 5. The van der Waals surface area contributed by atoms with E-state index in [4.69, 9.17) is 4.98 Å². The van der Waals surface area contributed by atoms with Gasteiger partial charge in [-0.25, -0.2) is 4.98 Å². The molecule has 0 bridgehead atoms. The lowest BCUT2D eigenvalue weighted by Crippen LogP contribution is -2.26. The van der Waals surface area contributed by atoms with Crippen molar-refractivity contribution in [2.24, 2.45) is 4.99 Å². The number of aliphatic imine (C=N–C) groups is 1. The second-order valence-electron chi connectivity index (χ2n) is 10.2. The van der Waals surface area contributed by atoms with Crippen LogP contribution in [0.15, 0.2) is 139 Å². The maximum absolute atomic E-state index is 5.10. The third kappa shape index (κ3) is 4.06. The molecule has 202 valence electrons. The van der Waals surface area contributed by atoms with E-state index in [1.54, 1.807) is 6.20 Å². The molecule has 1 aliphatic heterocycles. The predicted molar refractivity (Wildman–Crippen MR) is 176 cm³/mol. The van der Waals surface area contributed by atoms with Crippen LogP contribution in [0.25, 0.3) is 44.6 Å². The van der Waals surface area contributed by atoms with Crippen molar-refractivity contribution in [3.05, 3.63) is 139 Å². The molecule has 4 heterocycles. The van der Waals surface area contributed by atoms with Gasteiger partial charge in [0.25, 0.3) is 0 Å². The van der Waals surface area contributed by atoms with E-state index >= 15 is 0 Å². The Morgan fingerprint density at radius 3 is 2.43 bits per heavy atom. The minimum atomic E-state index is 0.685. The number of anilines is 2. The van der Waals surface area contributed by atoms with Gasteiger partial charge >= 0.3 is 0 Å². The van der Waals surface area contributed by atoms with Gasteiger partial charge in [0.2, 0.25) is 0 Å². The SMILES string of the molecule is C=C/C=C1/CN(c2ccccc2N=C)c2cc3c(cc2/C1=C/C)c1ccccc1n3-c1cccc(-c2ccccn2)n1. The Balaban J connectivity index is 1.55. The molecule has 5 nitrogen and oxygen atoms in total. The van der Waals surface area contributed by atoms with Crippen molar-refractivity contribution < 1.29 is 0 Å². The minimum Gasteiger partial charge on any atom is -0.335 e. The fraction of sp³-hybridized carbons (Fsp3) is 0.0541. The molecule has 0 N–H and O–H groups in total. The van der Waals surface area contributed by atoms with Gasteiger partial charge in [-0.1, -0.05) is 67.3 Å². The number of para-hydroxylation sites is 3. The van der Waals surface area contributed by atoms with Crippen molar-refractivity contribution in [1.82, 2.24) is 14.5 Å². The van der Waals surface area contributed by atoms with Crippen LogP contribution in [0.2, 0.25) is 0 Å². The molecule has 0 unspecified atom stereocenters. The first-order valence-electron chi connectivity index (χ1n) is 14.0. The van der Waals surface area contributed by atoms with Gasteiger partial charge in [-0.05, 0) is 79.4 Å². The number of hydrogen-bond acceptors (Lipinski definition) is 4. The molecule has 42 heavy (non-hydrogen) atoms. The van der Waals surface area contributed by atoms with E-state index in [0.717, 1.165) is 45.3 Å².